The number of benzene rings is 2. The Bertz CT molecular complexity index is 4510. The van der Waals surface area contributed by atoms with Gasteiger partial charge in [0, 0.05) is 48.1 Å². The minimum absolute atomic E-state index is 0.0727. The van der Waals surface area contributed by atoms with E-state index in [1.54, 1.807) is 45.3 Å². The van der Waals surface area contributed by atoms with Crippen LogP contribution in [0.25, 0.3) is 106 Å². The summed E-state index contributed by atoms with van der Waals surface area (Å²) >= 11 is 11.3. The second kappa shape index (κ2) is 46.0. The highest BCUT2D eigenvalue weighted by atomic mass is 32.1. The third kappa shape index (κ3) is 23.9. The van der Waals surface area contributed by atoms with Crippen molar-refractivity contribution in [2.45, 2.75) is 297 Å². The van der Waals surface area contributed by atoms with Gasteiger partial charge in [-0.3, -0.25) is 0 Å². The van der Waals surface area contributed by atoms with E-state index < -0.39 is 11.6 Å². The summed E-state index contributed by atoms with van der Waals surface area (Å²) in [7, 11) is 0. The fourth-order valence-corrected chi connectivity index (χ4v) is 23.3. The van der Waals surface area contributed by atoms with Crippen molar-refractivity contribution in [3.05, 3.63) is 134 Å². The highest BCUT2D eigenvalue weighted by Gasteiger charge is 2.31. The summed E-state index contributed by atoms with van der Waals surface area (Å²) < 4.78 is 60.3. The molecule has 0 saturated heterocycles. The van der Waals surface area contributed by atoms with E-state index in [1.807, 2.05) is 36.4 Å². The Labute approximate surface area is 674 Å². The smallest absolute Gasteiger partial charge is 0.205 e. The third-order valence-corrected chi connectivity index (χ3v) is 29.5. The fourth-order valence-electron chi connectivity index (χ4n) is 15.6. The minimum Gasteiger partial charge on any atom is -0.205 e. The highest BCUT2D eigenvalue weighted by Crippen LogP contribution is 2.51. The van der Waals surface area contributed by atoms with Gasteiger partial charge < -0.3 is 0 Å². The number of nitrogens with zero attached hydrogens (tertiary/aromatic N) is 8. The van der Waals surface area contributed by atoms with E-state index in [4.69, 9.17) is 30.6 Å². The van der Waals surface area contributed by atoms with Crippen molar-refractivity contribution in [1.82, 2.24) is 17.5 Å². The number of fused-ring (bicyclic) bond motifs is 5. The molecule has 0 aliphatic carbocycles. The molecule has 0 N–H and O–H groups in total. The maximum Gasteiger partial charge on any atom is 0.536 e. The van der Waals surface area contributed by atoms with Crippen molar-refractivity contribution in [3.8, 4) is 52.5 Å². The first-order valence-corrected chi connectivity index (χ1v) is 47.3. The summed E-state index contributed by atoms with van der Waals surface area (Å²) in [5.41, 5.74) is 4.38. The van der Waals surface area contributed by atoms with Gasteiger partial charge in [-0.05, 0) is 121 Å². The predicted molar refractivity (Wildman–Crippen MR) is 466 cm³/mol. The van der Waals surface area contributed by atoms with Gasteiger partial charge in [0.05, 0.1) is 49.9 Å². The highest BCUT2D eigenvalue weighted by molar-refractivity contribution is 7.25. The first-order chi connectivity index (χ1) is 53.1. The van der Waals surface area contributed by atoms with Gasteiger partial charge >= 0.3 is 5.82 Å². The Morgan fingerprint density at radius 2 is 0.731 bits per heavy atom. The van der Waals surface area contributed by atoms with Gasteiger partial charge in [0.2, 0.25) is 0 Å². The molecule has 0 unspecified atom stereocenters. The summed E-state index contributed by atoms with van der Waals surface area (Å²) in [6, 6.07) is 24.6. The number of unbranched alkanes of at least 4 members (excludes halogenated alkanes) is 28. The second-order valence-electron chi connectivity index (χ2n) is 29.8. The zero-order chi connectivity index (χ0) is 75.7. The quantitative estimate of drug-likeness (QED) is 0.0278. The van der Waals surface area contributed by atoms with Crippen molar-refractivity contribution in [1.29, 1.82) is 10.5 Å². The molecule has 0 fully saturated rings. The largest absolute Gasteiger partial charge is 0.536 e. The molecule has 0 bridgehead atoms. The lowest BCUT2D eigenvalue weighted by atomic mass is 9.89. The number of nitriles is 2. The van der Waals surface area contributed by atoms with Gasteiger partial charge in [-0.2, -0.15) is 37.7 Å². The van der Waals surface area contributed by atoms with Gasteiger partial charge in [-0.15, -0.1) is 68.0 Å². The summed E-state index contributed by atoms with van der Waals surface area (Å²) in [6.07, 6.45) is 57.3. The molecular weight excluding hydrogens is 1490 g/mol. The monoisotopic (exact) mass is 1600 g/mol. The van der Waals surface area contributed by atoms with Crippen LogP contribution >= 0.6 is 91.5 Å². The summed E-state index contributed by atoms with van der Waals surface area (Å²) in [6.45, 7) is 24.3. The molecule has 0 radical (unpaired) electrons. The number of thiophene rings is 6. The fraction of sp³-hybridized carbons (Fsp3) is 0.533. The molecule has 8 heterocycles. The van der Waals surface area contributed by atoms with Crippen LogP contribution < -0.4 is 18.1 Å². The molecule has 18 heteroatoms. The van der Waals surface area contributed by atoms with Crippen LogP contribution in [-0.2, 0) is 12.8 Å². The molecule has 8 nitrogen and oxygen atoms in total. The van der Waals surface area contributed by atoms with Crippen LogP contribution in [-0.4, -0.2) is 17.5 Å². The van der Waals surface area contributed by atoms with Crippen molar-refractivity contribution in [2.24, 2.45) is 11.8 Å². The third-order valence-electron chi connectivity index (χ3n) is 21.6. The number of hydrogen-bond acceptors (Lipinski definition) is 14. The van der Waals surface area contributed by atoms with Crippen LogP contribution in [0.3, 0.4) is 0 Å². The summed E-state index contributed by atoms with van der Waals surface area (Å²) in [5.74, 6) is 0.250. The Hall–Kier alpha value is -6.16. The van der Waals surface area contributed by atoms with Crippen molar-refractivity contribution in [3.63, 3.8) is 0 Å². The van der Waals surface area contributed by atoms with E-state index in [2.05, 4.69) is 85.9 Å². The van der Waals surface area contributed by atoms with Crippen LogP contribution in [0.15, 0.2) is 60.7 Å². The van der Waals surface area contributed by atoms with Crippen molar-refractivity contribution in [2.75, 3.05) is 0 Å². The van der Waals surface area contributed by atoms with E-state index in [0.29, 0.717) is 54.1 Å². The lowest BCUT2D eigenvalue weighted by Crippen LogP contribution is -2.02. The van der Waals surface area contributed by atoms with Crippen LogP contribution in [0.5, 0.6) is 0 Å². The van der Waals surface area contributed by atoms with Crippen molar-refractivity contribution >= 4 is 148 Å². The molecular formula is C90H110F2N8S8. The molecule has 572 valence electrons. The van der Waals surface area contributed by atoms with Gasteiger partial charge in [0.1, 0.15) is 69.1 Å². The topological polar surface area (TPSA) is 108 Å². The molecule has 0 saturated carbocycles. The average molecular weight is 1600 g/mol. The Morgan fingerprint density at radius 1 is 0.398 bits per heavy atom. The maximum atomic E-state index is 18.8. The molecule has 0 aliphatic rings. The summed E-state index contributed by atoms with van der Waals surface area (Å²) in [5, 5.41) is 19.4. The lowest BCUT2D eigenvalue weighted by Gasteiger charge is -2.17. The second-order valence-corrected chi connectivity index (χ2v) is 37.4. The van der Waals surface area contributed by atoms with Crippen LogP contribution in [0.2, 0.25) is 0 Å². The van der Waals surface area contributed by atoms with Crippen LogP contribution in [0, 0.1) is 59.3 Å². The molecule has 8 aromatic heterocycles. The van der Waals surface area contributed by atoms with E-state index in [1.165, 1.54) is 254 Å². The van der Waals surface area contributed by atoms with Crippen molar-refractivity contribution < 1.29 is 8.78 Å². The molecule has 2 aromatic carbocycles. The van der Waals surface area contributed by atoms with Gasteiger partial charge in [-0.1, -0.05) is 272 Å². The molecule has 10 rings (SSSR count). The molecule has 108 heavy (non-hydrogen) atoms. The van der Waals surface area contributed by atoms with Crippen LogP contribution in [0.1, 0.15) is 305 Å². The zero-order valence-electron chi connectivity index (χ0n) is 64.4. The number of halogens is 2. The molecule has 10 aromatic rings. The van der Waals surface area contributed by atoms with E-state index in [-0.39, 0.29) is 22.2 Å². The SMILES string of the molecule is [C-]#[N+]C([N+]#[C-])=c1cc/c(=C\c2ccc(-c3sc(-c4c(F)c5c6nsnc6c(-c6cc(CCCC(CCCCCCCCCC)CCCCCCCCCC)c(-c7ccc(/C=c8\ccc(=C(C#N)C#N)s8)s7)s6)c(F)c5c5nsnc45)cc3CCCC(CCCCCCCCCC)CCCCCCCCCC)s2)s1. The molecule has 0 amide bonds. The number of aryl methyl sites for hydroxylation is 2. The normalized spacial score (nSPS) is 12.1. The Balaban J connectivity index is 0.994. The first kappa shape index (κ1) is 84.3. The standard InChI is InChI=1S/C90H110F2N8S8/c1-7-11-15-19-23-27-31-35-41-63(42-36-32-28-24-20-16-12-8-2)45-39-47-65-57-76(105-88(65)73-54-50-69(102-73)59-68-49-53-72(101-68)67(61-93)62-94)78-82(91)80-81(86-84(78)97-107-99-86)83(92)79(85-87(80)100-108-98-85)77-58-66(89(106-77)74-55-51-70(103-74)60-71-52-56-75(104-71)90(95-5)96-6)48-40-46-64(43-37-33-29-25-21-17-13-9-3)44-38-34-30-26-22-18-14-10-4/h49-60,63-64H,7-48H2,1-4H3/b68-59+,71-60+. The van der Waals surface area contributed by atoms with Gasteiger partial charge in [-0.25, -0.2) is 8.78 Å². The average Bonchev–Trinajstić information content (AvgIpc) is 1.43. The number of rotatable bonds is 50. The van der Waals surface area contributed by atoms with Gasteiger partial charge in [0.15, 0.2) is 0 Å². The zero-order valence-corrected chi connectivity index (χ0v) is 70.9. The van der Waals surface area contributed by atoms with E-state index >= 15 is 8.78 Å². The minimum atomic E-state index is -0.568. The lowest BCUT2D eigenvalue weighted by molar-refractivity contribution is 0.372. The van der Waals surface area contributed by atoms with Crippen LogP contribution in [0.4, 0.5) is 8.78 Å². The summed E-state index contributed by atoms with van der Waals surface area (Å²) in [4.78, 5) is 14.8. The van der Waals surface area contributed by atoms with E-state index in [9.17, 15) is 10.5 Å². The number of aromatic nitrogens is 4. The molecule has 0 atom stereocenters. The molecule has 0 aliphatic heterocycles. The van der Waals surface area contributed by atoms with Gasteiger partial charge in [0.25, 0.3) is 0 Å². The predicted octanol–water partition coefficient (Wildman–Crippen LogP) is 28.9. The van der Waals surface area contributed by atoms with E-state index in [0.717, 1.165) is 121 Å². The maximum absolute atomic E-state index is 18.8. The Kier molecular flexibility index (Phi) is 35.9. The Morgan fingerprint density at radius 3 is 1.09 bits per heavy atom. The molecule has 0 spiro atoms. The number of hydrogen-bond donors (Lipinski definition) is 0. The first-order valence-electron chi connectivity index (χ1n) is 41.0.